The van der Waals surface area contributed by atoms with Crippen LogP contribution in [0.25, 0.3) is 0 Å². The van der Waals surface area contributed by atoms with Gasteiger partial charge in [0.05, 0.1) is 10.5 Å². The summed E-state index contributed by atoms with van der Waals surface area (Å²) in [5.74, 6) is -0.173. The number of likely N-dealkylation sites (N-methyl/N-ethyl adjacent to an activating group) is 1. The van der Waals surface area contributed by atoms with E-state index in [-0.39, 0.29) is 11.6 Å². The van der Waals surface area contributed by atoms with Crippen LogP contribution in [0.3, 0.4) is 0 Å². The molecule has 0 radical (unpaired) electrons. The average molecular weight is 308 g/mol. The second kappa shape index (κ2) is 5.35. The predicted molar refractivity (Wildman–Crippen MR) is 88.5 cm³/mol. The minimum atomic E-state index is -1.10. The Morgan fingerprint density at radius 2 is 1.78 bits per heavy atom. The number of nitro benzene ring substituents is 1. The van der Waals surface area contributed by atoms with Crippen molar-refractivity contribution in [2.24, 2.45) is 0 Å². The number of rotatable bonds is 4. The topological polar surface area (TPSA) is 63.5 Å². The Labute approximate surface area is 134 Å². The van der Waals surface area contributed by atoms with E-state index in [0.717, 1.165) is 11.3 Å². The molecule has 1 aliphatic rings. The van der Waals surface area contributed by atoms with Gasteiger partial charge in [0.25, 0.3) is 5.69 Å². The molecule has 0 aliphatic carbocycles. The maximum Gasteiger partial charge on any atom is 0.274 e. The largest absolute Gasteiger partial charge is 0.314 e. The molecule has 0 N–H and O–H groups in total. The fourth-order valence-corrected chi connectivity index (χ4v) is 3.42. The van der Waals surface area contributed by atoms with Crippen molar-refractivity contribution in [3.8, 4) is 0 Å². The highest BCUT2D eigenvalue weighted by Crippen LogP contribution is 2.50. The molecule has 0 bridgehead atoms. The van der Waals surface area contributed by atoms with Crippen LogP contribution >= 0.6 is 0 Å². The number of benzene rings is 2. The second-order valence-corrected chi connectivity index (χ2v) is 5.55. The van der Waals surface area contributed by atoms with Crippen LogP contribution in [0.15, 0.2) is 61.2 Å². The van der Waals surface area contributed by atoms with E-state index in [1.807, 2.05) is 24.3 Å². The molecule has 0 unspecified atom stereocenters. The van der Waals surface area contributed by atoms with Crippen molar-refractivity contribution in [3.05, 3.63) is 82.4 Å². The number of nitro groups is 1. The Morgan fingerprint density at radius 3 is 2.43 bits per heavy atom. The minimum Gasteiger partial charge on any atom is -0.314 e. The lowest BCUT2D eigenvalue weighted by Crippen LogP contribution is -2.39. The SMILES string of the molecule is C=CC[C@@]1(c2ccccc2[N+](=O)[O-])C(=O)N(C)c2ccccc21. The number of allylic oxidation sites excluding steroid dienone is 1. The quantitative estimate of drug-likeness (QED) is 0.494. The second-order valence-electron chi connectivity index (χ2n) is 5.55. The van der Waals surface area contributed by atoms with Crippen molar-refractivity contribution in [3.63, 3.8) is 0 Å². The lowest BCUT2D eigenvalue weighted by molar-refractivity contribution is -0.385. The molecular formula is C18H16N2O3. The zero-order valence-corrected chi connectivity index (χ0v) is 12.7. The van der Waals surface area contributed by atoms with Gasteiger partial charge in [-0.3, -0.25) is 14.9 Å². The third kappa shape index (κ3) is 1.97. The summed E-state index contributed by atoms with van der Waals surface area (Å²) in [4.78, 5) is 25.7. The number of carbonyl (C=O) groups excluding carboxylic acids is 1. The molecule has 1 atom stereocenters. The number of carbonyl (C=O) groups is 1. The van der Waals surface area contributed by atoms with Crippen LogP contribution in [0.2, 0.25) is 0 Å². The first-order chi connectivity index (χ1) is 11.0. The van der Waals surface area contributed by atoms with E-state index in [9.17, 15) is 14.9 Å². The highest BCUT2D eigenvalue weighted by atomic mass is 16.6. The number of nitrogens with zero attached hydrogens (tertiary/aromatic N) is 2. The lowest BCUT2D eigenvalue weighted by Gasteiger charge is -2.27. The van der Waals surface area contributed by atoms with Crippen molar-refractivity contribution in [2.75, 3.05) is 11.9 Å². The molecular weight excluding hydrogens is 292 g/mol. The summed E-state index contributed by atoms with van der Waals surface area (Å²) in [6.07, 6.45) is 1.95. The zero-order valence-electron chi connectivity index (χ0n) is 12.7. The number of anilines is 1. The Morgan fingerprint density at radius 1 is 1.17 bits per heavy atom. The summed E-state index contributed by atoms with van der Waals surface area (Å²) in [6.45, 7) is 3.76. The van der Waals surface area contributed by atoms with Gasteiger partial charge in [-0.1, -0.05) is 42.5 Å². The molecule has 5 heteroatoms. The van der Waals surface area contributed by atoms with Gasteiger partial charge >= 0.3 is 0 Å². The van der Waals surface area contributed by atoms with Crippen LogP contribution in [-0.2, 0) is 10.2 Å². The number of amides is 1. The smallest absolute Gasteiger partial charge is 0.274 e. The Bertz CT molecular complexity index is 815. The summed E-state index contributed by atoms with van der Waals surface area (Å²) in [6, 6.07) is 13.8. The summed E-state index contributed by atoms with van der Waals surface area (Å²) in [5, 5.41) is 11.5. The van der Waals surface area contributed by atoms with Crippen LogP contribution in [-0.4, -0.2) is 17.9 Å². The summed E-state index contributed by atoms with van der Waals surface area (Å²) in [5.41, 5.74) is 0.815. The molecule has 116 valence electrons. The average Bonchev–Trinajstić information content (AvgIpc) is 2.78. The molecule has 3 rings (SSSR count). The maximum atomic E-state index is 13.1. The number of para-hydroxylation sites is 2. The fraction of sp³-hybridized carbons (Fsp3) is 0.167. The standard InChI is InChI=1S/C18H16N2O3/c1-3-12-18(14-9-5-7-11-16(14)20(22)23)13-8-4-6-10-15(13)19(2)17(18)21/h3-11H,1,12H2,2H3/t18-/m1/s1. The summed E-state index contributed by atoms with van der Waals surface area (Å²) >= 11 is 0. The van der Waals surface area contributed by atoms with Crippen molar-refractivity contribution in [2.45, 2.75) is 11.8 Å². The van der Waals surface area contributed by atoms with Gasteiger partial charge in [-0.25, -0.2) is 0 Å². The Hall–Kier alpha value is -2.95. The van der Waals surface area contributed by atoms with E-state index >= 15 is 0 Å². The fourth-order valence-electron chi connectivity index (χ4n) is 3.42. The van der Waals surface area contributed by atoms with Gasteiger partial charge < -0.3 is 4.90 Å². The van der Waals surface area contributed by atoms with Gasteiger partial charge in [-0.15, -0.1) is 6.58 Å². The van der Waals surface area contributed by atoms with Gasteiger partial charge in [-0.2, -0.15) is 0 Å². The molecule has 0 saturated carbocycles. The van der Waals surface area contributed by atoms with E-state index < -0.39 is 10.3 Å². The van der Waals surface area contributed by atoms with Gasteiger partial charge in [0.15, 0.2) is 0 Å². The first kappa shape index (κ1) is 15.0. The third-order valence-electron chi connectivity index (χ3n) is 4.41. The summed E-state index contributed by atoms with van der Waals surface area (Å²) < 4.78 is 0. The minimum absolute atomic E-state index is 0.0483. The molecule has 23 heavy (non-hydrogen) atoms. The van der Waals surface area contributed by atoms with Gasteiger partial charge in [0, 0.05) is 18.8 Å². The predicted octanol–water partition coefficient (Wildman–Crippen LogP) is 3.43. The maximum absolute atomic E-state index is 13.1. The number of hydrogen-bond donors (Lipinski definition) is 0. The van der Waals surface area contributed by atoms with Gasteiger partial charge in [0.1, 0.15) is 5.41 Å². The van der Waals surface area contributed by atoms with E-state index in [1.165, 1.54) is 6.07 Å². The zero-order chi connectivity index (χ0) is 16.6. The van der Waals surface area contributed by atoms with Crippen LogP contribution in [0, 0.1) is 10.1 Å². The number of fused-ring (bicyclic) bond motifs is 1. The van der Waals surface area contributed by atoms with E-state index in [1.54, 1.807) is 36.2 Å². The van der Waals surface area contributed by atoms with Crippen LogP contribution < -0.4 is 4.90 Å². The highest BCUT2D eigenvalue weighted by Gasteiger charge is 2.52. The Balaban J connectivity index is 2.38. The Kier molecular flexibility index (Phi) is 3.48. The van der Waals surface area contributed by atoms with Crippen molar-refractivity contribution in [1.82, 2.24) is 0 Å². The monoisotopic (exact) mass is 308 g/mol. The van der Waals surface area contributed by atoms with Crippen molar-refractivity contribution >= 4 is 17.3 Å². The van der Waals surface area contributed by atoms with Gasteiger partial charge in [-0.05, 0) is 18.1 Å². The van der Waals surface area contributed by atoms with Crippen LogP contribution in [0.4, 0.5) is 11.4 Å². The van der Waals surface area contributed by atoms with Crippen molar-refractivity contribution < 1.29 is 9.72 Å². The highest BCUT2D eigenvalue weighted by molar-refractivity contribution is 6.10. The lowest BCUT2D eigenvalue weighted by atomic mass is 9.72. The van der Waals surface area contributed by atoms with Crippen LogP contribution in [0.1, 0.15) is 17.5 Å². The van der Waals surface area contributed by atoms with Crippen LogP contribution in [0.5, 0.6) is 0 Å². The summed E-state index contributed by atoms with van der Waals surface area (Å²) in [7, 11) is 1.70. The third-order valence-corrected chi connectivity index (χ3v) is 4.41. The first-order valence-corrected chi connectivity index (χ1v) is 7.26. The number of hydrogen-bond acceptors (Lipinski definition) is 3. The molecule has 5 nitrogen and oxygen atoms in total. The molecule has 1 aliphatic heterocycles. The van der Waals surface area contributed by atoms with Gasteiger partial charge in [0.2, 0.25) is 5.91 Å². The molecule has 1 heterocycles. The first-order valence-electron chi connectivity index (χ1n) is 7.26. The normalized spacial score (nSPS) is 19.5. The van der Waals surface area contributed by atoms with E-state index in [2.05, 4.69) is 6.58 Å². The molecule has 0 spiro atoms. The van der Waals surface area contributed by atoms with E-state index in [0.29, 0.717) is 12.0 Å². The molecule has 2 aromatic rings. The molecule has 0 fully saturated rings. The van der Waals surface area contributed by atoms with E-state index in [4.69, 9.17) is 0 Å². The molecule has 2 aromatic carbocycles. The molecule has 1 amide bonds. The molecule has 0 saturated heterocycles. The van der Waals surface area contributed by atoms with Crippen molar-refractivity contribution in [1.29, 1.82) is 0 Å². The molecule has 0 aromatic heterocycles.